The highest BCUT2D eigenvalue weighted by molar-refractivity contribution is 6.11. The van der Waals surface area contributed by atoms with Crippen molar-refractivity contribution >= 4 is 78.0 Å². The molecule has 0 saturated carbocycles. The highest BCUT2D eigenvalue weighted by Crippen LogP contribution is 2.61. The minimum atomic E-state index is -0.0301. The molecule has 4 nitrogen and oxygen atoms in total. The lowest BCUT2D eigenvalue weighted by molar-refractivity contribution is 0.669. The average Bonchev–Trinajstić information content (AvgIpc) is 1.55. The van der Waals surface area contributed by atoms with Gasteiger partial charge in [-0.1, -0.05) is 231 Å². The maximum absolute atomic E-state index is 6.96. The zero-order valence-corrected chi connectivity index (χ0v) is 45.7. The van der Waals surface area contributed by atoms with Crippen LogP contribution in [0.3, 0.4) is 0 Å². The molecule has 15 aromatic rings. The fourth-order valence-electron chi connectivity index (χ4n) is 13.9. The average molecular weight is 1070 g/mol. The van der Waals surface area contributed by atoms with Gasteiger partial charge in [0.15, 0.2) is 5.58 Å². The van der Waals surface area contributed by atoms with Crippen molar-refractivity contribution in [1.29, 1.82) is 0 Å². The predicted molar refractivity (Wildman–Crippen MR) is 347 cm³/mol. The summed E-state index contributed by atoms with van der Waals surface area (Å²) in [6, 6.07) is 110. The van der Waals surface area contributed by atoms with Gasteiger partial charge in [-0.2, -0.15) is 0 Å². The van der Waals surface area contributed by atoms with E-state index >= 15 is 0 Å². The minimum absolute atomic E-state index is 0.00456. The Labute approximate surface area is 487 Å². The molecular formula is C80H52N2O2. The van der Waals surface area contributed by atoms with E-state index in [1.165, 1.54) is 55.6 Å². The van der Waals surface area contributed by atoms with Crippen molar-refractivity contribution in [3.63, 3.8) is 0 Å². The van der Waals surface area contributed by atoms with Crippen molar-refractivity contribution in [1.82, 2.24) is 0 Å². The lowest BCUT2D eigenvalue weighted by Crippen LogP contribution is -2.30. The molecule has 0 spiro atoms. The van der Waals surface area contributed by atoms with Crippen molar-refractivity contribution < 1.29 is 8.83 Å². The molecule has 0 N–H and O–H groups in total. The van der Waals surface area contributed by atoms with Crippen LogP contribution in [0, 0.1) is 0 Å². The number of fused-ring (bicyclic) bond motifs is 6. The number of hydrogen-bond donors (Lipinski definition) is 0. The van der Waals surface area contributed by atoms with Crippen LogP contribution in [0.4, 0.5) is 34.1 Å². The van der Waals surface area contributed by atoms with Gasteiger partial charge in [0.05, 0.1) is 11.4 Å². The molecule has 394 valence electrons. The van der Waals surface area contributed by atoms with Gasteiger partial charge in [0.1, 0.15) is 16.7 Å². The first-order chi connectivity index (χ1) is 41.7. The van der Waals surface area contributed by atoms with Gasteiger partial charge in [-0.25, -0.2) is 0 Å². The van der Waals surface area contributed by atoms with Crippen LogP contribution >= 0.6 is 0 Å². The molecule has 2 aromatic heterocycles. The van der Waals surface area contributed by atoms with E-state index < -0.39 is 0 Å². The van der Waals surface area contributed by atoms with Crippen LogP contribution < -0.4 is 9.80 Å². The number of para-hydroxylation sites is 4. The molecule has 0 fully saturated rings. The van der Waals surface area contributed by atoms with Gasteiger partial charge in [-0.3, -0.25) is 0 Å². The Kier molecular flexibility index (Phi) is 11.0. The molecule has 0 atom stereocenters. The first-order valence-electron chi connectivity index (χ1n) is 29.0. The smallest absolute Gasteiger partial charge is 0.159 e. The van der Waals surface area contributed by atoms with Crippen LogP contribution in [-0.4, -0.2) is 0 Å². The van der Waals surface area contributed by atoms with Crippen LogP contribution in [0.5, 0.6) is 0 Å². The molecule has 3 aliphatic rings. The molecule has 0 aliphatic heterocycles. The molecule has 0 saturated heterocycles. The van der Waals surface area contributed by atoms with E-state index in [4.69, 9.17) is 8.83 Å². The Balaban J connectivity index is 0.842. The zero-order valence-electron chi connectivity index (χ0n) is 45.7. The third kappa shape index (κ3) is 7.61. The van der Waals surface area contributed by atoms with E-state index in [1.807, 2.05) is 12.1 Å². The third-order valence-corrected chi connectivity index (χ3v) is 17.7. The summed E-state index contributed by atoms with van der Waals surface area (Å²) < 4.78 is 13.5. The number of benzene rings is 13. The van der Waals surface area contributed by atoms with E-state index in [0.717, 1.165) is 100 Å². The molecule has 18 rings (SSSR count). The summed E-state index contributed by atoms with van der Waals surface area (Å²) in [5, 5.41) is 4.44. The van der Waals surface area contributed by atoms with Crippen molar-refractivity contribution in [3.8, 4) is 44.5 Å². The molecule has 13 aromatic carbocycles. The summed E-state index contributed by atoms with van der Waals surface area (Å²) in [6.45, 7) is 0. The largest absolute Gasteiger partial charge is 0.455 e. The van der Waals surface area contributed by atoms with Gasteiger partial charge in [-0.15, -0.1) is 0 Å². The molecule has 84 heavy (non-hydrogen) atoms. The Morgan fingerprint density at radius 1 is 0.238 bits per heavy atom. The molecule has 2 bridgehead atoms. The first kappa shape index (κ1) is 47.8. The lowest BCUT2D eigenvalue weighted by Gasteiger charge is -2.45. The summed E-state index contributed by atoms with van der Waals surface area (Å²) in [5.41, 5.74) is 27.2. The maximum Gasteiger partial charge on any atom is 0.159 e. The summed E-state index contributed by atoms with van der Waals surface area (Å²) >= 11 is 0. The Bertz CT molecular complexity index is 4970. The Morgan fingerprint density at radius 2 is 0.667 bits per heavy atom. The van der Waals surface area contributed by atoms with E-state index in [0.29, 0.717) is 0 Å². The molecule has 0 unspecified atom stereocenters. The van der Waals surface area contributed by atoms with Crippen LogP contribution in [0.1, 0.15) is 45.2 Å². The monoisotopic (exact) mass is 1070 g/mol. The summed E-state index contributed by atoms with van der Waals surface area (Å²) in [4.78, 5) is 4.86. The fourth-order valence-corrected chi connectivity index (χ4v) is 13.9. The highest BCUT2D eigenvalue weighted by Gasteiger charge is 2.45. The first-order valence-corrected chi connectivity index (χ1v) is 29.0. The SMILES string of the molecule is c1ccc(-c2ccc(N(c3ccc(-c4ccc(N(c5cccc(-c6ccccc6)c5)c5cccc6c5oc5ccccc56)c5c4C4c6ccccc6C5c5ccccc54)cc3)c3ccc(-c4cccc5c4oc4ccccc45)cc3)cc2)cc1. The molecular weight excluding hydrogens is 1020 g/mol. The second kappa shape index (κ2) is 19.4. The number of rotatable bonds is 10. The zero-order chi connectivity index (χ0) is 55.2. The second-order valence-corrected chi connectivity index (χ2v) is 22.2. The number of furan rings is 2. The van der Waals surface area contributed by atoms with E-state index in [-0.39, 0.29) is 11.8 Å². The predicted octanol–water partition coefficient (Wildman–Crippen LogP) is 22.1. The van der Waals surface area contributed by atoms with Crippen LogP contribution in [-0.2, 0) is 0 Å². The maximum atomic E-state index is 6.96. The molecule has 2 heterocycles. The van der Waals surface area contributed by atoms with E-state index in [1.54, 1.807) is 0 Å². The van der Waals surface area contributed by atoms with Gasteiger partial charge >= 0.3 is 0 Å². The van der Waals surface area contributed by atoms with Gasteiger partial charge in [0.2, 0.25) is 0 Å². The van der Waals surface area contributed by atoms with Crippen molar-refractivity contribution in [2.75, 3.05) is 9.80 Å². The highest BCUT2D eigenvalue weighted by atomic mass is 16.3. The molecule has 0 radical (unpaired) electrons. The number of hydrogen-bond acceptors (Lipinski definition) is 4. The van der Waals surface area contributed by atoms with Crippen molar-refractivity contribution in [2.24, 2.45) is 0 Å². The van der Waals surface area contributed by atoms with E-state index in [9.17, 15) is 0 Å². The number of nitrogens with zero attached hydrogens (tertiary/aromatic N) is 2. The van der Waals surface area contributed by atoms with Crippen LogP contribution in [0.2, 0.25) is 0 Å². The fraction of sp³-hybridized carbons (Fsp3) is 0.0250. The Hall–Kier alpha value is -10.9. The van der Waals surface area contributed by atoms with Gasteiger partial charge in [0, 0.05) is 61.7 Å². The van der Waals surface area contributed by atoms with Crippen molar-refractivity contribution in [2.45, 2.75) is 11.8 Å². The summed E-state index contributed by atoms with van der Waals surface area (Å²) in [5.74, 6) is -0.0347. The summed E-state index contributed by atoms with van der Waals surface area (Å²) in [7, 11) is 0. The van der Waals surface area contributed by atoms with Gasteiger partial charge in [0.25, 0.3) is 0 Å². The van der Waals surface area contributed by atoms with Crippen molar-refractivity contribution in [3.05, 3.63) is 337 Å². The standard InChI is InChI=1S/C80H52N2O2/c1-3-18-51(19-4-1)53-36-42-57(43-37-53)81(59-46-40-55(41-47-59)62-30-16-31-69-63-24-11-13-34-73(63)83-79(62)69)58-44-38-54(39-45-58)61-48-49-71(78-76-67-28-9-7-26-65(67)75(77(61)78)66-27-8-10-29-68(66)76)82(60-23-15-22-56(50-60)52-20-5-2-6-21-52)72-33-17-32-70-64-25-12-14-35-74(64)84-80(70)72/h1-50,75-76H. The minimum Gasteiger partial charge on any atom is -0.455 e. The van der Waals surface area contributed by atoms with Gasteiger partial charge < -0.3 is 18.6 Å². The third-order valence-electron chi connectivity index (χ3n) is 17.7. The topological polar surface area (TPSA) is 32.8 Å². The Morgan fingerprint density at radius 3 is 1.26 bits per heavy atom. The van der Waals surface area contributed by atoms with Gasteiger partial charge in [-0.05, 0) is 145 Å². The number of anilines is 6. The van der Waals surface area contributed by atoms with Crippen LogP contribution in [0.15, 0.2) is 312 Å². The lowest BCUT2D eigenvalue weighted by atomic mass is 9.59. The molecule has 4 heteroatoms. The second-order valence-electron chi connectivity index (χ2n) is 22.2. The normalized spacial score (nSPS) is 14.0. The molecule has 0 amide bonds. The van der Waals surface area contributed by atoms with E-state index in [2.05, 4.69) is 301 Å². The quantitative estimate of drug-likeness (QED) is 0.137. The summed E-state index contributed by atoms with van der Waals surface area (Å²) in [6.07, 6.45) is 0. The van der Waals surface area contributed by atoms with Crippen LogP contribution in [0.25, 0.3) is 88.4 Å². The molecule has 3 aliphatic carbocycles.